The van der Waals surface area contributed by atoms with Gasteiger partial charge in [0.25, 0.3) is 0 Å². The first-order valence-corrected chi connectivity index (χ1v) is 11.3. The summed E-state index contributed by atoms with van der Waals surface area (Å²) in [6, 6.07) is 25.7. The first-order chi connectivity index (χ1) is 15.6. The number of rotatable bonds is 4. The molecule has 0 saturated carbocycles. The maximum Gasteiger partial charge on any atom is 0.240 e. The second-order valence-corrected chi connectivity index (χ2v) is 9.04. The van der Waals surface area contributed by atoms with Gasteiger partial charge in [-0.3, -0.25) is 4.79 Å². The number of aryl methyl sites for hydroxylation is 2. The molecule has 0 spiro atoms. The SMILES string of the molecule is Cc1cc(C)cc(NC(=O)[C@@H]2Sc3nnc(-c4ccccc4)n3N[C@H]2c2ccccc2)c1. The fraction of sp³-hybridized carbons (Fsp3) is 0.160. The number of nitrogens with zero attached hydrogens (tertiary/aromatic N) is 3. The van der Waals surface area contributed by atoms with Crippen molar-refractivity contribution >= 4 is 23.4 Å². The second kappa shape index (κ2) is 8.51. The van der Waals surface area contributed by atoms with Gasteiger partial charge in [-0.25, -0.2) is 4.68 Å². The summed E-state index contributed by atoms with van der Waals surface area (Å²) >= 11 is 1.43. The molecule has 0 radical (unpaired) electrons. The Labute approximate surface area is 191 Å². The maximum absolute atomic E-state index is 13.4. The van der Waals surface area contributed by atoms with E-state index in [1.54, 1.807) is 0 Å². The number of benzene rings is 3. The minimum atomic E-state index is -0.418. The van der Waals surface area contributed by atoms with E-state index in [-0.39, 0.29) is 11.9 Å². The molecule has 2 N–H and O–H groups in total. The van der Waals surface area contributed by atoms with Crippen LogP contribution in [0.3, 0.4) is 0 Å². The Hall–Kier alpha value is -3.58. The van der Waals surface area contributed by atoms with Gasteiger partial charge in [0, 0.05) is 11.3 Å². The van der Waals surface area contributed by atoms with Crippen molar-refractivity contribution in [3.05, 3.63) is 95.6 Å². The number of carbonyl (C=O) groups excluding carboxylic acids is 1. The van der Waals surface area contributed by atoms with Gasteiger partial charge in [-0.15, -0.1) is 10.2 Å². The van der Waals surface area contributed by atoms with Gasteiger partial charge in [0.15, 0.2) is 5.82 Å². The van der Waals surface area contributed by atoms with Crippen LogP contribution < -0.4 is 10.7 Å². The number of fused-ring (bicyclic) bond motifs is 1. The molecule has 2 heterocycles. The number of carbonyl (C=O) groups is 1. The zero-order valence-corrected chi connectivity index (χ0v) is 18.6. The van der Waals surface area contributed by atoms with Crippen LogP contribution in [0.4, 0.5) is 5.69 Å². The van der Waals surface area contributed by atoms with Crippen LogP contribution in [0.2, 0.25) is 0 Å². The number of aromatic nitrogens is 3. The molecule has 1 aliphatic rings. The molecule has 1 aliphatic heterocycles. The zero-order chi connectivity index (χ0) is 22.1. The second-order valence-electron chi connectivity index (χ2n) is 7.93. The molecule has 2 atom stereocenters. The lowest BCUT2D eigenvalue weighted by molar-refractivity contribution is -0.116. The van der Waals surface area contributed by atoms with E-state index >= 15 is 0 Å². The molecular formula is C25H23N5OS. The van der Waals surface area contributed by atoms with E-state index in [2.05, 4.69) is 27.0 Å². The lowest BCUT2D eigenvalue weighted by Crippen LogP contribution is -2.41. The molecule has 32 heavy (non-hydrogen) atoms. The molecule has 6 nitrogen and oxygen atoms in total. The van der Waals surface area contributed by atoms with Crippen molar-refractivity contribution in [3.63, 3.8) is 0 Å². The lowest BCUT2D eigenvalue weighted by atomic mass is 10.0. The molecule has 0 aliphatic carbocycles. The summed E-state index contributed by atoms with van der Waals surface area (Å²) < 4.78 is 1.89. The van der Waals surface area contributed by atoms with Crippen molar-refractivity contribution in [2.24, 2.45) is 0 Å². The monoisotopic (exact) mass is 441 g/mol. The fourth-order valence-corrected chi connectivity index (χ4v) is 5.08. The first kappa shape index (κ1) is 20.3. The summed E-state index contributed by atoms with van der Waals surface area (Å²) in [6.45, 7) is 4.06. The maximum atomic E-state index is 13.4. The molecule has 1 amide bonds. The smallest absolute Gasteiger partial charge is 0.240 e. The molecule has 4 aromatic rings. The number of anilines is 1. The highest BCUT2D eigenvalue weighted by molar-refractivity contribution is 8.00. The van der Waals surface area contributed by atoms with Crippen molar-refractivity contribution in [2.75, 3.05) is 10.7 Å². The molecule has 1 aromatic heterocycles. The predicted octanol–water partition coefficient (Wildman–Crippen LogP) is 4.96. The highest BCUT2D eigenvalue weighted by Gasteiger charge is 2.38. The van der Waals surface area contributed by atoms with Gasteiger partial charge in [-0.1, -0.05) is 78.5 Å². The molecule has 0 bridgehead atoms. The van der Waals surface area contributed by atoms with Crippen molar-refractivity contribution in [1.82, 2.24) is 14.9 Å². The average Bonchev–Trinajstić information content (AvgIpc) is 3.22. The number of amides is 1. The topological polar surface area (TPSA) is 71.8 Å². The van der Waals surface area contributed by atoms with Gasteiger partial charge in [0.2, 0.25) is 11.1 Å². The highest BCUT2D eigenvalue weighted by Crippen LogP contribution is 2.39. The molecule has 3 aromatic carbocycles. The molecule has 0 unspecified atom stereocenters. The number of thioether (sulfide) groups is 1. The number of hydrogen-bond donors (Lipinski definition) is 2. The van der Waals surface area contributed by atoms with Crippen LogP contribution in [0.25, 0.3) is 11.4 Å². The van der Waals surface area contributed by atoms with Gasteiger partial charge >= 0.3 is 0 Å². The van der Waals surface area contributed by atoms with E-state index < -0.39 is 5.25 Å². The fourth-order valence-electron chi connectivity index (χ4n) is 4.00. The van der Waals surface area contributed by atoms with Crippen molar-refractivity contribution < 1.29 is 4.79 Å². The highest BCUT2D eigenvalue weighted by atomic mass is 32.2. The third-order valence-electron chi connectivity index (χ3n) is 5.37. The van der Waals surface area contributed by atoms with Gasteiger partial charge in [0.1, 0.15) is 5.25 Å². The Morgan fingerprint density at radius 3 is 2.28 bits per heavy atom. The minimum Gasteiger partial charge on any atom is -0.325 e. The van der Waals surface area contributed by atoms with E-state index in [4.69, 9.17) is 0 Å². The van der Waals surface area contributed by atoms with E-state index in [0.717, 1.165) is 33.8 Å². The lowest BCUT2D eigenvalue weighted by Gasteiger charge is -2.33. The number of hydrogen-bond acceptors (Lipinski definition) is 5. The van der Waals surface area contributed by atoms with Gasteiger partial charge in [-0.2, -0.15) is 0 Å². The standard InChI is InChI=1S/C25H23N5OS/c1-16-13-17(2)15-20(14-16)26-24(31)22-21(18-9-5-3-6-10-18)29-30-23(27-28-25(30)32-22)19-11-7-4-8-12-19/h3-15,21-22,29H,1-2H3,(H,26,31)/t21-,22+/m0/s1. The Balaban J connectivity index is 1.50. The van der Waals surface area contributed by atoms with E-state index in [1.807, 2.05) is 91.3 Å². The van der Waals surface area contributed by atoms with E-state index in [9.17, 15) is 4.79 Å². The van der Waals surface area contributed by atoms with Crippen molar-refractivity contribution in [1.29, 1.82) is 0 Å². The van der Waals surface area contributed by atoms with Crippen molar-refractivity contribution in [2.45, 2.75) is 30.3 Å². The summed E-state index contributed by atoms with van der Waals surface area (Å²) in [5.41, 5.74) is 8.53. The Bertz CT molecular complexity index is 1240. The quantitative estimate of drug-likeness (QED) is 0.468. The Morgan fingerprint density at radius 2 is 1.59 bits per heavy atom. The summed E-state index contributed by atoms with van der Waals surface area (Å²) in [5, 5.41) is 12.1. The first-order valence-electron chi connectivity index (χ1n) is 10.5. The van der Waals surface area contributed by atoms with Crippen LogP contribution in [0.5, 0.6) is 0 Å². The largest absolute Gasteiger partial charge is 0.325 e. The van der Waals surface area contributed by atoms with Crippen molar-refractivity contribution in [3.8, 4) is 11.4 Å². The molecule has 7 heteroatoms. The van der Waals surface area contributed by atoms with Crippen LogP contribution in [-0.4, -0.2) is 26.0 Å². The van der Waals surface area contributed by atoms with Crippen LogP contribution >= 0.6 is 11.8 Å². The van der Waals surface area contributed by atoms with Gasteiger partial charge < -0.3 is 10.7 Å². The normalized spacial score (nSPS) is 17.3. The Kier molecular flexibility index (Phi) is 5.41. The summed E-state index contributed by atoms with van der Waals surface area (Å²) in [4.78, 5) is 13.4. The van der Waals surface area contributed by atoms with Crippen LogP contribution in [0.1, 0.15) is 22.7 Å². The van der Waals surface area contributed by atoms with Crippen LogP contribution in [-0.2, 0) is 4.79 Å². The predicted molar refractivity (Wildman–Crippen MR) is 128 cm³/mol. The van der Waals surface area contributed by atoms with Crippen LogP contribution in [0, 0.1) is 13.8 Å². The molecule has 160 valence electrons. The molecule has 5 rings (SSSR count). The van der Waals surface area contributed by atoms with E-state index in [1.165, 1.54) is 11.8 Å². The third kappa shape index (κ3) is 3.99. The molecule has 0 saturated heterocycles. The van der Waals surface area contributed by atoms with Crippen LogP contribution in [0.15, 0.2) is 84.0 Å². The van der Waals surface area contributed by atoms with Gasteiger partial charge in [-0.05, 0) is 42.7 Å². The molecule has 0 fully saturated rings. The zero-order valence-electron chi connectivity index (χ0n) is 17.8. The Morgan fingerprint density at radius 1 is 0.938 bits per heavy atom. The average molecular weight is 442 g/mol. The third-order valence-corrected chi connectivity index (χ3v) is 6.59. The summed E-state index contributed by atoms with van der Waals surface area (Å²) in [7, 11) is 0. The summed E-state index contributed by atoms with van der Waals surface area (Å²) in [6.07, 6.45) is 0. The summed E-state index contributed by atoms with van der Waals surface area (Å²) in [5.74, 6) is 0.652. The molecular weight excluding hydrogens is 418 g/mol. The van der Waals surface area contributed by atoms with E-state index in [0.29, 0.717) is 5.16 Å². The minimum absolute atomic E-state index is 0.0723. The van der Waals surface area contributed by atoms with Gasteiger partial charge in [0.05, 0.1) is 6.04 Å². The number of nitrogens with one attached hydrogen (secondary N) is 2.